The van der Waals surface area contributed by atoms with E-state index in [1.807, 2.05) is 0 Å². The van der Waals surface area contributed by atoms with Crippen LogP contribution in [0, 0.1) is 11.6 Å². The van der Waals surface area contributed by atoms with Gasteiger partial charge in [-0.1, -0.05) is 0 Å². The maximum absolute atomic E-state index is 14.1. The Morgan fingerprint density at radius 3 is 2.53 bits per heavy atom. The highest BCUT2D eigenvalue weighted by atomic mass is 19.4. The topological polar surface area (TPSA) is 110 Å². The average Bonchev–Trinajstić information content (AvgIpc) is 2.70. The van der Waals surface area contributed by atoms with Gasteiger partial charge < -0.3 is 20.9 Å². The molecule has 0 spiro atoms. The van der Waals surface area contributed by atoms with Crippen LogP contribution in [0.25, 0.3) is 0 Å². The minimum Gasteiger partial charge on any atom is -0.465 e. The molecule has 1 aromatic carbocycles. The van der Waals surface area contributed by atoms with Crippen LogP contribution in [0.1, 0.15) is 28.5 Å². The number of carbonyl (C=O) groups is 1. The highest BCUT2D eigenvalue weighted by Gasteiger charge is 2.24. The number of aromatic nitrogens is 1. The molecule has 1 atom stereocenters. The third-order valence-electron chi connectivity index (χ3n) is 3.68. The lowest BCUT2D eigenvalue weighted by Crippen LogP contribution is -2.24. The number of halogens is 5. The van der Waals surface area contributed by atoms with Crippen LogP contribution >= 0.6 is 0 Å². The van der Waals surface area contributed by atoms with Crippen LogP contribution in [0.15, 0.2) is 41.5 Å². The fourth-order valence-corrected chi connectivity index (χ4v) is 2.34. The van der Waals surface area contributed by atoms with Crippen molar-refractivity contribution >= 4 is 17.6 Å². The maximum Gasteiger partial charge on any atom is 0.411 e. The van der Waals surface area contributed by atoms with Crippen molar-refractivity contribution in [2.75, 3.05) is 18.5 Å². The van der Waals surface area contributed by atoms with E-state index in [0.29, 0.717) is 24.3 Å². The van der Waals surface area contributed by atoms with Crippen molar-refractivity contribution in [1.82, 2.24) is 4.98 Å². The van der Waals surface area contributed by atoms with Gasteiger partial charge in [-0.2, -0.15) is 13.2 Å². The third-order valence-corrected chi connectivity index (χ3v) is 3.68. The second kappa shape index (κ2) is 9.96. The quantitative estimate of drug-likeness (QED) is 0.646. The first-order valence-corrected chi connectivity index (χ1v) is 8.45. The van der Waals surface area contributed by atoms with Crippen molar-refractivity contribution in [2.24, 2.45) is 10.7 Å². The van der Waals surface area contributed by atoms with Gasteiger partial charge in [-0.3, -0.25) is 4.79 Å². The van der Waals surface area contributed by atoms with Crippen LogP contribution in [-0.4, -0.2) is 41.4 Å². The number of aliphatic imine (C=N–C) groups is 1. The molecule has 1 amide bonds. The Morgan fingerprint density at radius 2 is 1.97 bits per heavy atom. The number of aliphatic hydroxyl groups is 1. The number of nitrogens with zero attached hydrogens (tertiary/aromatic N) is 2. The number of nitrogens with two attached hydrogens (primary N) is 1. The predicted molar refractivity (Wildman–Crippen MR) is 96.6 cm³/mol. The summed E-state index contributed by atoms with van der Waals surface area (Å²) in [4.78, 5) is 19.9. The van der Waals surface area contributed by atoms with Crippen LogP contribution < -0.4 is 11.1 Å². The number of alkyl halides is 3. The minimum absolute atomic E-state index is 0.00982. The summed E-state index contributed by atoms with van der Waals surface area (Å²) in [6.07, 6.45) is -2.97. The van der Waals surface area contributed by atoms with Crippen molar-refractivity contribution in [3.05, 3.63) is 59.4 Å². The molecular weight excluding hydrogens is 415 g/mol. The molecule has 0 aliphatic carbocycles. The van der Waals surface area contributed by atoms with Crippen molar-refractivity contribution < 1.29 is 36.6 Å². The van der Waals surface area contributed by atoms with Crippen molar-refractivity contribution in [3.63, 3.8) is 0 Å². The molecule has 4 N–H and O–H groups in total. The summed E-state index contributed by atoms with van der Waals surface area (Å²) in [6, 6.07) is 6.09. The maximum atomic E-state index is 14.1. The van der Waals surface area contributed by atoms with Gasteiger partial charge in [-0.25, -0.2) is 18.8 Å². The molecule has 1 aliphatic rings. The number of hydrogen-bond acceptors (Lipinski definition) is 6. The van der Waals surface area contributed by atoms with Crippen molar-refractivity contribution in [2.45, 2.75) is 18.6 Å². The van der Waals surface area contributed by atoms with Crippen LogP contribution in [0.5, 0.6) is 0 Å². The van der Waals surface area contributed by atoms with Crippen LogP contribution in [0.2, 0.25) is 0 Å². The smallest absolute Gasteiger partial charge is 0.411 e. The summed E-state index contributed by atoms with van der Waals surface area (Å²) in [5.41, 5.74) is 6.26. The molecule has 0 radical (unpaired) electrons. The molecule has 2 heterocycles. The predicted octanol–water partition coefficient (Wildman–Crippen LogP) is 2.93. The molecule has 162 valence electrons. The normalized spacial score (nSPS) is 15.9. The number of aliphatic hydroxyl groups excluding tert-OH is 1. The zero-order valence-electron chi connectivity index (χ0n) is 15.3. The van der Waals surface area contributed by atoms with E-state index in [1.165, 1.54) is 24.3 Å². The zero-order valence-corrected chi connectivity index (χ0v) is 15.3. The molecule has 2 aromatic rings. The molecule has 1 aromatic heterocycles. The lowest BCUT2D eigenvalue weighted by atomic mass is 10.0. The number of nitrogens with one attached hydrogen (secondary N) is 1. The molecule has 30 heavy (non-hydrogen) atoms. The summed E-state index contributed by atoms with van der Waals surface area (Å²) in [5, 5.41) is 9.87. The second-order valence-corrected chi connectivity index (χ2v) is 5.95. The van der Waals surface area contributed by atoms with Gasteiger partial charge in [-0.05, 0) is 30.3 Å². The van der Waals surface area contributed by atoms with Crippen molar-refractivity contribution in [1.29, 1.82) is 0 Å². The third kappa shape index (κ3) is 6.95. The van der Waals surface area contributed by atoms with Crippen LogP contribution in [0.3, 0.4) is 0 Å². The van der Waals surface area contributed by atoms with Gasteiger partial charge in [0.2, 0.25) is 0 Å². The van der Waals surface area contributed by atoms with Crippen LogP contribution in [0.4, 0.5) is 27.6 Å². The first-order chi connectivity index (χ1) is 14.1. The minimum atomic E-state index is -4.40. The van der Waals surface area contributed by atoms with E-state index in [2.05, 4.69) is 15.3 Å². The lowest BCUT2D eigenvalue weighted by Gasteiger charge is -2.20. The highest BCUT2D eigenvalue weighted by Crippen LogP contribution is 2.29. The Bertz CT molecular complexity index is 904. The van der Waals surface area contributed by atoms with E-state index < -0.39 is 36.4 Å². The van der Waals surface area contributed by atoms with Gasteiger partial charge >= 0.3 is 6.18 Å². The Kier molecular flexibility index (Phi) is 7.64. The molecule has 0 fully saturated rings. The number of ether oxygens (including phenoxy) is 1. The fourth-order valence-electron chi connectivity index (χ4n) is 2.34. The largest absolute Gasteiger partial charge is 0.465 e. The average molecular weight is 432 g/mol. The monoisotopic (exact) mass is 432 g/mol. The molecular formula is C18H17F5N4O3. The standard InChI is InChI=1S/C16H14F2N4O2.C2H3F3O/c17-9-1-4-14(20-8-9)15(23)21-10-2-3-12(18)11(7-10)13-5-6-24-16(19)22-13;3-2(4,5)1-6/h1-4,7-8,13H,5-6H2,(H2,19,22)(H,21,23);6H,1H2. The molecule has 12 heteroatoms. The summed E-state index contributed by atoms with van der Waals surface area (Å²) in [7, 11) is 0. The highest BCUT2D eigenvalue weighted by molar-refractivity contribution is 6.02. The Morgan fingerprint density at radius 1 is 1.27 bits per heavy atom. The first kappa shape index (κ1) is 23.0. The molecule has 7 nitrogen and oxygen atoms in total. The summed E-state index contributed by atoms with van der Waals surface area (Å²) in [5.74, 6) is -1.51. The van der Waals surface area contributed by atoms with Crippen LogP contribution in [-0.2, 0) is 4.74 Å². The number of anilines is 1. The molecule has 3 rings (SSSR count). The fraction of sp³-hybridized carbons (Fsp3) is 0.278. The number of carbonyl (C=O) groups excluding carboxylic acids is 1. The molecule has 0 saturated carbocycles. The van der Waals surface area contributed by atoms with E-state index in [4.69, 9.17) is 15.6 Å². The number of benzene rings is 1. The summed E-state index contributed by atoms with van der Waals surface area (Å²) < 4.78 is 63.5. The zero-order chi connectivity index (χ0) is 22.3. The summed E-state index contributed by atoms with van der Waals surface area (Å²) >= 11 is 0. The summed E-state index contributed by atoms with van der Waals surface area (Å²) in [6.45, 7) is -1.39. The number of rotatable bonds is 3. The van der Waals surface area contributed by atoms with Crippen molar-refractivity contribution in [3.8, 4) is 0 Å². The van der Waals surface area contributed by atoms with Gasteiger partial charge in [0.15, 0.2) is 0 Å². The van der Waals surface area contributed by atoms with Gasteiger partial charge in [0, 0.05) is 17.7 Å². The Hall–Kier alpha value is -3.28. The van der Waals surface area contributed by atoms with Gasteiger partial charge in [0.05, 0.1) is 18.8 Å². The second-order valence-electron chi connectivity index (χ2n) is 5.95. The van der Waals surface area contributed by atoms with E-state index in [1.54, 1.807) is 0 Å². The van der Waals surface area contributed by atoms with E-state index in [9.17, 15) is 26.7 Å². The Balaban J connectivity index is 0.000000469. The number of hydrogen-bond donors (Lipinski definition) is 3. The van der Waals surface area contributed by atoms with Gasteiger partial charge in [0.1, 0.15) is 23.9 Å². The number of amides is 1. The van der Waals surface area contributed by atoms with Gasteiger partial charge in [-0.15, -0.1) is 0 Å². The van der Waals surface area contributed by atoms with E-state index >= 15 is 0 Å². The SMILES string of the molecule is NC1=NC(c2cc(NC(=O)c3ccc(F)cn3)ccc2F)CCO1.OCC(F)(F)F. The Labute approximate surface area is 167 Å². The van der Waals surface area contributed by atoms with Gasteiger partial charge in [0.25, 0.3) is 11.9 Å². The molecule has 1 unspecified atom stereocenters. The lowest BCUT2D eigenvalue weighted by molar-refractivity contribution is -0.159. The first-order valence-electron chi connectivity index (χ1n) is 8.45. The number of pyridine rings is 1. The van der Waals surface area contributed by atoms with E-state index in [-0.39, 0.29) is 11.7 Å². The molecule has 0 bridgehead atoms. The number of amidine groups is 1. The molecule has 1 aliphatic heterocycles. The molecule has 0 saturated heterocycles. The van der Waals surface area contributed by atoms with E-state index in [0.717, 1.165) is 12.3 Å².